The van der Waals surface area contributed by atoms with Gasteiger partial charge in [0.05, 0.1) is 28.8 Å². The third kappa shape index (κ3) is 5.01. The molecule has 0 N–H and O–H groups in total. The summed E-state index contributed by atoms with van der Waals surface area (Å²) in [6.45, 7) is 0.216. The Balaban J connectivity index is 1.58. The zero-order valence-corrected chi connectivity index (χ0v) is 21.1. The van der Waals surface area contributed by atoms with Gasteiger partial charge in [-0.25, -0.2) is 4.98 Å². The van der Waals surface area contributed by atoms with Crippen molar-refractivity contribution in [1.82, 2.24) is 9.66 Å². The number of ether oxygens (including phenoxy) is 1. The zero-order chi connectivity index (χ0) is 26.5. The maximum atomic E-state index is 13.5. The van der Waals surface area contributed by atoms with Crippen molar-refractivity contribution in [3.05, 3.63) is 124 Å². The Hall–Kier alpha value is -5.22. The molecule has 0 saturated carbocycles. The summed E-state index contributed by atoms with van der Waals surface area (Å²) in [6, 6.07) is 32.1. The van der Waals surface area contributed by atoms with Gasteiger partial charge in [0.25, 0.3) is 5.56 Å². The molecule has 0 aliphatic heterocycles. The van der Waals surface area contributed by atoms with E-state index in [2.05, 4.69) is 11.2 Å². The van der Waals surface area contributed by atoms with E-state index in [-0.39, 0.29) is 12.2 Å². The smallest absolute Gasteiger partial charge is 0.282 e. The van der Waals surface area contributed by atoms with E-state index in [1.54, 1.807) is 18.3 Å². The van der Waals surface area contributed by atoms with Gasteiger partial charge in [-0.3, -0.25) is 4.79 Å². The monoisotopic (exact) mass is 499 g/mol. The normalized spacial score (nSPS) is 11.0. The second-order valence-corrected chi connectivity index (χ2v) is 8.85. The molecule has 0 saturated heterocycles. The van der Waals surface area contributed by atoms with Crippen LogP contribution in [0, 0.1) is 11.3 Å². The molecule has 5 aromatic rings. The standard InChI is InChI=1S/C31H25N5O2/c1-35(2)26-17-16-24(29(18-26)38-21-25-13-7-6-12-23(25)19-32)20-33-36-30(22-10-4-3-5-11-22)34-28-15-9-8-14-27(28)31(36)37/h3-18,20H,21H2,1-2H3. The lowest BCUT2D eigenvalue weighted by Crippen LogP contribution is -2.20. The van der Waals surface area contributed by atoms with Crippen LogP contribution in [0.3, 0.4) is 0 Å². The van der Waals surface area contributed by atoms with Crippen molar-refractivity contribution in [2.45, 2.75) is 6.61 Å². The molecule has 0 spiro atoms. The Morgan fingerprint density at radius 3 is 2.50 bits per heavy atom. The van der Waals surface area contributed by atoms with Crippen molar-refractivity contribution in [3.63, 3.8) is 0 Å². The van der Waals surface area contributed by atoms with Crippen LogP contribution in [0.5, 0.6) is 5.75 Å². The van der Waals surface area contributed by atoms with Crippen molar-refractivity contribution in [2.75, 3.05) is 19.0 Å². The Morgan fingerprint density at radius 1 is 0.974 bits per heavy atom. The molecule has 0 atom stereocenters. The molecular weight excluding hydrogens is 474 g/mol. The molecule has 5 rings (SSSR count). The van der Waals surface area contributed by atoms with E-state index in [0.717, 1.165) is 16.8 Å². The second-order valence-electron chi connectivity index (χ2n) is 8.85. The number of hydrogen-bond donors (Lipinski definition) is 0. The topological polar surface area (TPSA) is 83.5 Å². The summed E-state index contributed by atoms with van der Waals surface area (Å²) in [5, 5.41) is 14.5. The summed E-state index contributed by atoms with van der Waals surface area (Å²) in [5.41, 5.74) is 4.10. The van der Waals surface area contributed by atoms with Crippen LogP contribution in [-0.4, -0.2) is 30.0 Å². The highest BCUT2D eigenvalue weighted by Gasteiger charge is 2.13. The fourth-order valence-electron chi connectivity index (χ4n) is 4.07. The van der Waals surface area contributed by atoms with E-state index in [0.29, 0.717) is 33.6 Å². The predicted molar refractivity (Wildman–Crippen MR) is 151 cm³/mol. The van der Waals surface area contributed by atoms with E-state index in [9.17, 15) is 10.1 Å². The van der Waals surface area contributed by atoms with E-state index in [1.807, 2.05) is 104 Å². The molecule has 38 heavy (non-hydrogen) atoms. The molecule has 0 unspecified atom stereocenters. The molecule has 0 bridgehead atoms. The van der Waals surface area contributed by atoms with Gasteiger partial charge in [0.15, 0.2) is 5.82 Å². The molecule has 0 aliphatic rings. The Kier molecular flexibility index (Phi) is 6.96. The molecule has 0 fully saturated rings. The van der Waals surface area contributed by atoms with Gasteiger partial charge in [0.1, 0.15) is 12.4 Å². The molecule has 0 amide bonds. The van der Waals surface area contributed by atoms with Crippen molar-refractivity contribution in [1.29, 1.82) is 5.26 Å². The fourth-order valence-corrected chi connectivity index (χ4v) is 4.07. The van der Waals surface area contributed by atoms with Crippen LogP contribution in [0.4, 0.5) is 5.69 Å². The van der Waals surface area contributed by atoms with Crippen molar-refractivity contribution >= 4 is 22.8 Å². The van der Waals surface area contributed by atoms with Crippen LogP contribution >= 0.6 is 0 Å². The van der Waals surface area contributed by atoms with E-state index < -0.39 is 0 Å². The summed E-state index contributed by atoms with van der Waals surface area (Å²) in [4.78, 5) is 20.2. The first-order valence-electron chi connectivity index (χ1n) is 12.1. The third-order valence-electron chi connectivity index (χ3n) is 6.13. The maximum Gasteiger partial charge on any atom is 0.282 e. The van der Waals surface area contributed by atoms with Gasteiger partial charge in [-0.1, -0.05) is 60.7 Å². The largest absolute Gasteiger partial charge is 0.488 e. The van der Waals surface area contributed by atoms with Gasteiger partial charge in [-0.2, -0.15) is 15.0 Å². The van der Waals surface area contributed by atoms with Crippen molar-refractivity contribution < 1.29 is 4.74 Å². The number of rotatable bonds is 7. The van der Waals surface area contributed by atoms with Crippen molar-refractivity contribution in [3.8, 4) is 23.2 Å². The summed E-state index contributed by atoms with van der Waals surface area (Å²) in [5.74, 6) is 1.02. The highest BCUT2D eigenvalue weighted by molar-refractivity contribution is 5.85. The first kappa shape index (κ1) is 24.5. The van der Waals surface area contributed by atoms with E-state index >= 15 is 0 Å². The van der Waals surface area contributed by atoms with Crippen LogP contribution in [-0.2, 0) is 6.61 Å². The minimum Gasteiger partial charge on any atom is -0.488 e. The van der Waals surface area contributed by atoms with Gasteiger partial charge in [0, 0.05) is 42.5 Å². The van der Waals surface area contributed by atoms with Gasteiger partial charge in [0.2, 0.25) is 0 Å². The number of para-hydroxylation sites is 1. The molecule has 1 heterocycles. The summed E-state index contributed by atoms with van der Waals surface area (Å²) >= 11 is 0. The lowest BCUT2D eigenvalue weighted by molar-refractivity contribution is 0.305. The molecular formula is C31H25N5O2. The minimum atomic E-state index is -0.263. The number of fused-ring (bicyclic) bond motifs is 1. The number of aromatic nitrogens is 2. The lowest BCUT2D eigenvalue weighted by atomic mass is 10.1. The fraction of sp³-hybridized carbons (Fsp3) is 0.0968. The van der Waals surface area contributed by atoms with Crippen LogP contribution < -0.4 is 15.2 Å². The Labute approximate surface area is 220 Å². The van der Waals surface area contributed by atoms with Crippen LogP contribution in [0.15, 0.2) is 107 Å². The maximum absolute atomic E-state index is 13.5. The van der Waals surface area contributed by atoms with Crippen LogP contribution in [0.1, 0.15) is 16.7 Å². The quantitative estimate of drug-likeness (QED) is 0.278. The SMILES string of the molecule is CN(C)c1ccc(C=Nn2c(-c3ccccc3)nc3ccccc3c2=O)c(OCc2ccccc2C#N)c1. The number of benzene rings is 4. The van der Waals surface area contributed by atoms with Gasteiger partial charge >= 0.3 is 0 Å². The second kappa shape index (κ2) is 10.8. The number of hydrogen-bond acceptors (Lipinski definition) is 6. The number of nitrogens with zero attached hydrogens (tertiary/aromatic N) is 5. The highest BCUT2D eigenvalue weighted by Crippen LogP contribution is 2.26. The Bertz CT molecular complexity index is 1730. The third-order valence-corrected chi connectivity index (χ3v) is 6.13. The molecule has 7 heteroatoms. The van der Waals surface area contributed by atoms with Gasteiger partial charge in [-0.15, -0.1) is 0 Å². The molecule has 1 aromatic heterocycles. The summed E-state index contributed by atoms with van der Waals surface area (Å²) in [6.07, 6.45) is 1.61. The van der Waals surface area contributed by atoms with E-state index in [1.165, 1.54) is 4.68 Å². The minimum absolute atomic E-state index is 0.216. The van der Waals surface area contributed by atoms with E-state index in [4.69, 9.17) is 9.72 Å². The average Bonchev–Trinajstić information content (AvgIpc) is 2.96. The van der Waals surface area contributed by atoms with Gasteiger partial charge in [-0.05, 0) is 30.3 Å². The molecule has 4 aromatic carbocycles. The lowest BCUT2D eigenvalue weighted by Gasteiger charge is -2.16. The highest BCUT2D eigenvalue weighted by atomic mass is 16.5. The Morgan fingerprint density at radius 2 is 1.71 bits per heavy atom. The van der Waals surface area contributed by atoms with Crippen LogP contribution in [0.25, 0.3) is 22.3 Å². The summed E-state index contributed by atoms with van der Waals surface area (Å²) in [7, 11) is 3.90. The van der Waals surface area contributed by atoms with Crippen molar-refractivity contribution in [2.24, 2.45) is 5.10 Å². The average molecular weight is 500 g/mol. The first-order valence-corrected chi connectivity index (χ1v) is 12.1. The molecule has 7 nitrogen and oxygen atoms in total. The number of nitriles is 1. The summed E-state index contributed by atoms with van der Waals surface area (Å²) < 4.78 is 7.51. The number of anilines is 1. The first-order chi connectivity index (χ1) is 18.5. The molecule has 0 radical (unpaired) electrons. The molecule has 0 aliphatic carbocycles. The molecule has 186 valence electrons. The zero-order valence-electron chi connectivity index (χ0n) is 21.1. The van der Waals surface area contributed by atoms with Gasteiger partial charge < -0.3 is 9.64 Å². The van der Waals surface area contributed by atoms with Crippen LogP contribution in [0.2, 0.25) is 0 Å². The predicted octanol–water partition coefficient (Wildman–Crippen LogP) is 5.46.